The molecule has 39 heavy (non-hydrogen) atoms. The van der Waals surface area contributed by atoms with E-state index in [0.717, 1.165) is 21.7 Å². The third-order valence-electron chi connectivity index (χ3n) is 6.73. The van der Waals surface area contributed by atoms with E-state index in [1.54, 1.807) is 31.9 Å². The summed E-state index contributed by atoms with van der Waals surface area (Å²) in [5.74, 6) is 0.439. The van der Waals surface area contributed by atoms with Crippen molar-refractivity contribution in [3.05, 3.63) is 87.2 Å². The number of hydrogen-bond donors (Lipinski definition) is 0. The molecular formula is C28H24Cl2N4O3S2. The zero-order chi connectivity index (χ0) is 26.9. The number of fused-ring (bicyclic) bond motifs is 1. The summed E-state index contributed by atoms with van der Waals surface area (Å²) in [4.78, 5) is 31.6. The van der Waals surface area contributed by atoms with Crippen LogP contribution in [0.3, 0.4) is 0 Å². The van der Waals surface area contributed by atoms with Crippen molar-refractivity contribution in [2.75, 3.05) is 43.5 Å². The Labute approximate surface area is 244 Å². The Morgan fingerprint density at radius 1 is 1.05 bits per heavy atom. The molecule has 4 aromatic rings. The number of para-hydroxylation sites is 1. The second-order valence-corrected chi connectivity index (χ2v) is 12.0. The lowest BCUT2D eigenvalue weighted by Crippen LogP contribution is -2.48. The summed E-state index contributed by atoms with van der Waals surface area (Å²) in [7, 11) is 0. The van der Waals surface area contributed by atoms with Gasteiger partial charge in [0.25, 0.3) is 0 Å². The van der Waals surface area contributed by atoms with Gasteiger partial charge in [-0.15, -0.1) is 23.1 Å². The average Bonchev–Trinajstić information content (AvgIpc) is 3.58. The largest absolute Gasteiger partial charge is 0.378 e. The highest BCUT2D eigenvalue weighted by atomic mass is 35.5. The number of nitrogens with zero attached hydrogens (tertiary/aromatic N) is 4. The Bertz CT molecular complexity index is 1520. The molecule has 7 nitrogen and oxygen atoms in total. The molecule has 1 unspecified atom stereocenters. The lowest BCUT2D eigenvalue weighted by atomic mass is 10.0. The van der Waals surface area contributed by atoms with Gasteiger partial charge in [0.05, 0.1) is 39.8 Å². The molecule has 2 aliphatic rings. The van der Waals surface area contributed by atoms with Crippen molar-refractivity contribution in [2.24, 2.45) is 0 Å². The van der Waals surface area contributed by atoms with Gasteiger partial charge in [0.2, 0.25) is 11.8 Å². The van der Waals surface area contributed by atoms with E-state index in [4.69, 9.17) is 33.0 Å². The maximum Gasteiger partial charge on any atom is 0.242 e. The van der Waals surface area contributed by atoms with Gasteiger partial charge in [-0.05, 0) is 41.3 Å². The highest BCUT2D eigenvalue weighted by molar-refractivity contribution is 8.00. The van der Waals surface area contributed by atoms with Crippen LogP contribution in [0.2, 0.25) is 10.0 Å². The zero-order valence-electron chi connectivity index (χ0n) is 20.8. The van der Waals surface area contributed by atoms with Crippen LogP contribution in [0.4, 0.5) is 5.82 Å². The predicted molar refractivity (Wildman–Crippen MR) is 157 cm³/mol. The summed E-state index contributed by atoms with van der Waals surface area (Å²) in [6, 6.07) is 19.1. The van der Waals surface area contributed by atoms with Gasteiger partial charge >= 0.3 is 0 Å². The minimum absolute atomic E-state index is 0.102. The number of ether oxygens (including phenoxy) is 1. The fourth-order valence-corrected chi connectivity index (χ4v) is 7.21. The molecule has 6 rings (SSSR count). The molecule has 0 bridgehead atoms. The molecule has 1 atom stereocenters. The number of hydrogen-bond acceptors (Lipinski definition) is 6. The van der Waals surface area contributed by atoms with E-state index < -0.39 is 0 Å². The van der Waals surface area contributed by atoms with Crippen LogP contribution < -0.4 is 4.90 Å². The first kappa shape index (κ1) is 26.4. The van der Waals surface area contributed by atoms with E-state index in [1.165, 1.54) is 11.8 Å². The maximum atomic E-state index is 13.8. The van der Waals surface area contributed by atoms with Crippen molar-refractivity contribution in [1.82, 2.24) is 14.7 Å². The predicted octanol–water partition coefficient (Wildman–Crippen LogP) is 5.94. The summed E-state index contributed by atoms with van der Waals surface area (Å²) >= 11 is 16.2. The molecule has 1 fully saturated rings. The molecule has 2 aliphatic heterocycles. The highest BCUT2D eigenvalue weighted by Crippen LogP contribution is 2.49. The number of carbonyl (C=O) groups excluding carboxylic acids is 2. The number of amides is 2. The van der Waals surface area contributed by atoms with Crippen LogP contribution in [0, 0.1) is 0 Å². The van der Waals surface area contributed by atoms with E-state index in [1.807, 2.05) is 60.0 Å². The zero-order valence-corrected chi connectivity index (χ0v) is 23.9. The first-order chi connectivity index (χ1) is 19.0. The number of rotatable bonds is 5. The van der Waals surface area contributed by atoms with Gasteiger partial charge in [-0.3, -0.25) is 14.5 Å². The Kier molecular flexibility index (Phi) is 7.68. The molecular weight excluding hydrogens is 575 g/mol. The molecule has 0 radical (unpaired) electrons. The van der Waals surface area contributed by atoms with Gasteiger partial charge in [0.15, 0.2) is 0 Å². The highest BCUT2D eigenvalue weighted by Gasteiger charge is 2.38. The Morgan fingerprint density at radius 2 is 1.87 bits per heavy atom. The average molecular weight is 600 g/mol. The topological polar surface area (TPSA) is 67.7 Å². The molecule has 0 N–H and O–H groups in total. The molecule has 0 aliphatic carbocycles. The molecule has 0 saturated carbocycles. The van der Waals surface area contributed by atoms with E-state index in [-0.39, 0.29) is 29.4 Å². The van der Waals surface area contributed by atoms with Crippen molar-refractivity contribution in [1.29, 1.82) is 0 Å². The fourth-order valence-electron chi connectivity index (χ4n) is 4.89. The van der Waals surface area contributed by atoms with Gasteiger partial charge in [0, 0.05) is 23.7 Å². The number of morpholine rings is 1. The van der Waals surface area contributed by atoms with E-state index >= 15 is 0 Å². The van der Waals surface area contributed by atoms with Gasteiger partial charge in [-0.1, -0.05) is 53.5 Å². The molecule has 2 aromatic heterocycles. The standard InChI is InChI=1S/C28H24Cl2N4O3S2/c29-19-6-3-5-18(15-19)27-25-26(22-9-4-14-38-22)31-34(21-8-2-1-7-20(21)30)28(25)33(24(36)17-39-27)16-23(35)32-10-12-37-13-11-32/h1-9,14-15,27H,10-13,16-17H2. The van der Waals surface area contributed by atoms with E-state index in [9.17, 15) is 9.59 Å². The van der Waals surface area contributed by atoms with Crippen LogP contribution in [0.5, 0.6) is 0 Å². The molecule has 2 aromatic carbocycles. The smallest absolute Gasteiger partial charge is 0.242 e. The Balaban J connectivity index is 1.59. The summed E-state index contributed by atoms with van der Waals surface area (Å²) < 4.78 is 7.15. The van der Waals surface area contributed by atoms with Crippen LogP contribution in [0.25, 0.3) is 16.3 Å². The maximum absolute atomic E-state index is 13.8. The number of carbonyl (C=O) groups is 2. The lowest BCUT2D eigenvalue weighted by molar-refractivity contribution is -0.134. The number of anilines is 1. The van der Waals surface area contributed by atoms with Crippen molar-refractivity contribution >= 4 is 63.9 Å². The number of thiophene rings is 1. The van der Waals surface area contributed by atoms with Gasteiger partial charge < -0.3 is 9.64 Å². The Hall–Kier alpha value is -2.82. The number of halogens is 2. The quantitative estimate of drug-likeness (QED) is 0.284. The second kappa shape index (κ2) is 11.3. The van der Waals surface area contributed by atoms with Crippen LogP contribution in [-0.4, -0.2) is 65.1 Å². The monoisotopic (exact) mass is 598 g/mol. The lowest BCUT2D eigenvalue weighted by Gasteiger charge is -2.30. The second-order valence-electron chi connectivity index (χ2n) is 9.15. The molecule has 2 amide bonds. The first-order valence-electron chi connectivity index (χ1n) is 12.5. The third-order valence-corrected chi connectivity index (χ3v) is 9.42. The number of thioether (sulfide) groups is 1. The summed E-state index contributed by atoms with van der Waals surface area (Å²) in [6.07, 6.45) is 0. The van der Waals surface area contributed by atoms with Crippen molar-refractivity contribution in [3.63, 3.8) is 0 Å². The minimum atomic E-state index is -0.250. The van der Waals surface area contributed by atoms with Crippen molar-refractivity contribution < 1.29 is 14.3 Å². The molecule has 4 heterocycles. The summed E-state index contributed by atoms with van der Waals surface area (Å²) in [5.41, 5.74) is 3.19. The van der Waals surface area contributed by atoms with Crippen LogP contribution in [0.15, 0.2) is 66.0 Å². The fraction of sp³-hybridized carbons (Fsp3) is 0.250. The normalized spacial score (nSPS) is 17.7. The number of aromatic nitrogens is 2. The van der Waals surface area contributed by atoms with Crippen LogP contribution in [-0.2, 0) is 14.3 Å². The van der Waals surface area contributed by atoms with Crippen molar-refractivity contribution in [3.8, 4) is 16.3 Å². The van der Waals surface area contributed by atoms with Gasteiger partial charge in [0.1, 0.15) is 18.1 Å². The van der Waals surface area contributed by atoms with Gasteiger partial charge in [-0.25, -0.2) is 4.68 Å². The minimum Gasteiger partial charge on any atom is -0.378 e. The number of benzene rings is 2. The third kappa shape index (κ3) is 5.21. The Morgan fingerprint density at radius 3 is 2.62 bits per heavy atom. The SMILES string of the molecule is O=C(CN1C(=O)CSC(c2cccc(Cl)c2)c2c(-c3cccs3)nn(-c3ccccc3Cl)c21)N1CCOCC1. The molecule has 11 heteroatoms. The van der Waals surface area contributed by atoms with Crippen molar-refractivity contribution in [2.45, 2.75) is 5.25 Å². The van der Waals surface area contributed by atoms with Crippen LogP contribution >= 0.6 is 46.3 Å². The summed E-state index contributed by atoms with van der Waals surface area (Å²) in [6.45, 7) is 1.86. The van der Waals surface area contributed by atoms with Gasteiger partial charge in [-0.2, -0.15) is 5.10 Å². The van der Waals surface area contributed by atoms with E-state index in [2.05, 4.69) is 0 Å². The van der Waals surface area contributed by atoms with E-state index in [0.29, 0.717) is 47.9 Å². The van der Waals surface area contributed by atoms with Crippen LogP contribution in [0.1, 0.15) is 16.4 Å². The first-order valence-corrected chi connectivity index (χ1v) is 15.1. The molecule has 0 spiro atoms. The molecule has 200 valence electrons. The summed E-state index contributed by atoms with van der Waals surface area (Å²) in [5, 5.41) is 7.92. The molecule has 1 saturated heterocycles.